The van der Waals surface area contributed by atoms with Gasteiger partial charge in [-0.3, -0.25) is 0 Å². The molecule has 0 bridgehead atoms. The van der Waals surface area contributed by atoms with Crippen LogP contribution in [-0.2, 0) is 0 Å². The maximum Gasteiger partial charge on any atom is 0.192 e. The van der Waals surface area contributed by atoms with Crippen molar-refractivity contribution in [2.45, 2.75) is 118 Å². The van der Waals surface area contributed by atoms with E-state index in [2.05, 4.69) is 189 Å². The van der Waals surface area contributed by atoms with Crippen molar-refractivity contribution in [2.75, 3.05) is 4.23 Å². The fourth-order valence-corrected chi connectivity index (χ4v) is 174. The highest BCUT2D eigenvalue weighted by molar-refractivity contribution is 8.12. The van der Waals surface area contributed by atoms with Crippen LogP contribution in [-0.4, -0.2) is 44.9 Å². The second-order valence-corrected chi connectivity index (χ2v) is 75.1. The Morgan fingerprint density at radius 3 is 1.07 bits per heavy atom. The summed E-state index contributed by atoms with van der Waals surface area (Å²) in [6, 6.07) is 30.9. The van der Waals surface area contributed by atoms with E-state index in [1.807, 2.05) is 10.4 Å². The Morgan fingerprint density at radius 1 is 0.467 bits per heavy atom. The second kappa shape index (κ2) is 12.2. The molecule has 0 N–H and O–H groups in total. The van der Waals surface area contributed by atoms with Gasteiger partial charge >= 0.3 is 0 Å². The van der Waals surface area contributed by atoms with Gasteiger partial charge in [0.15, 0.2) is 7.75 Å². The molecule has 1 heterocycles. The molecule has 0 saturated heterocycles. The first-order valence-corrected chi connectivity index (χ1v) is 39.3. The molecule has 244 valence electrons. The third-order valence-electron chi connectivity index (χ3n) is 10.5. The predicted molar refractivity (Wildman–Crippen MR) is 222 cm³/mol. The first-order chi connectivity index (χ1) is 20.6. The number of anilines is 1. The lowest BCUT2D eigenvalue weighted by Gasteiger charge is -2.66. The SMILES string of the molecule is CC(C)c1cccc(C(C)C)c1N([Si](C)(C)C)[Si]1([Si]([Si](C)(C)C)([Si](C)(C)C)[Si](C)(C)C)C(c2ccccc2)=C1c1ccccc1. The van der Waals surface area contributed by atoms with Crippen LogP contribution in [0.4, 0.5) is 5.69 Å². The Morgan fingerprint density at radius 2 is 0.800 bits per heavy atom. The lowest BCUT2D eigenvalue weighted by Crippen LogP contribution is -2.95. The molecule has 1 nitrogen and oxygen atoms in total. The summed E-state index contributed by atoms with van der Waals surface area (Å²) in [5.74, 6) is 0.953. The fourth-order valence-electron chi connectivity index (χ4n) is 10.7. The van der Waals surface area contributed by atoms with E-state index in [0.717, 1.165) is 0 Å². The number of hydrogen-bond donors (Lipinski definition) is 0. The first-order valence-electron chi connectivity index (χ1n) is 17.4. The van der Waals surface area contributed by atoms with Crippen LogP contribution in [0.2, 0.25) is 78.6 Å². The van der Waals surface area contributed by atoms with Gasteiger partial charge in [-0.2, -0.15) is 0 Å². The number of benzene rings is 3. The summed E-state index contributed by atoms with van der Waals surface area (Å²) in [6.07, 6.45) is -2.04. The van der Waals surface area contributed by atoms with E-state index in [1.165, 1.54) is 11.1 Å². The zero-order chi connectivity index (χ0) is 34.0. The molecule has 3 aromatic carbocycles. The standard InChI is InChI=1S/C38H63NSi6/c1-30(2)34-28-23-29-35(31(3)4)36(34)39(40(5,6)7)44(45(41(8,9)10,42(11,12)13)43(14,15)16)37(32-24-19-17-20-25-32)38(44)33-26-21-18-22-27-33/h17-31H,1-16H3. The van der Waals surface area contributed by atoms with Crippen LogP contribution < -0.4 is 4.23 Å². The number of hydrogen-bond acceptors (Lipinski definition) is 1. The van der Waals surface area contributed by atoms with Gasteiger partial charge in [0.25, 0.3) is 0 Å². The molecular weight excluding hydrogens is 639 g/mol. The fraction of sp³-hybridized carbons (Fsp3) is 0.474. The summed E-state index contributed by atoms with van der Waals surface area (Å²) in [4.78, 5) is 0. The van der Waals surface area contributed by atoms with E-state index in [4.69, 9.17) is 0 Å². The monoisotopic (exact) mass is 701 g/mol. The minimum atomic E-state index is -2.49. The van der Waals surface area contributed by atoms with Crippen LogP contribution in [0.5, 0.6) is 0 Å². The van der Waals surface area contributed by atoms with Gasteiger partial charge in [-0.1, -0.05) is 185 Å². The maximum atomic E-state index is 3.40. The molecule has 0 spiro atoms. The minimum Gasteiger partial charge on any atom is -0.420 e. The lowest BCUT2D eigenvalue weighted by molar-refractivity contribution is 0.835. The van der Waals surface area contributed by atoms with Crippen molar-refractivity contribution in [3.8, 4) is 0 Å². The van der Waals surface area contributed by atoms with Crippen molar-refractivity contribution in [1.82, 2.24) is 0 Å². The van der Waals surface area contributed by atoms with Crippen LogP contribution in [0.25, 0.3) is 10.4 Å². The molecule has 7 heteroatoms. The molecular formula is C38H63NSi6. The predicted octanol–water partition coefficient (Wildman–Crippen LogP) is 12.0. The average molecular weight is 702 g/mol. The molecule has 0 atom stereocenters. The molecule has 0 unspecified atom stereocenters. The summed E-state index contributed by atoms with van der Waals surface area (Å²) in [5, 5.41) is 3.65. The van der Waals surface area contributed by atoms with Crippen LogP contribution in [0.15, 0.2) is 78.9 Å². The molecule has 0 fully saturated rings. The molecule has 0 amide bonds. The van der Waals surface area contributed by atoms with Gasteiger partial charge < -0.3 is 4.23 Å². The van der Waals surface area contributed by atoms with Crippen LogP contribution >= 0.6 is 0 Å². The van der Waals surface area contributed by atoms with Gasteiger partial charge in [-0.15, -0.1) is 0 Å². The highest BCUT2D eigenvalue weighted by Crippen LogP contribution is 2.67. The summed E-state index contributed by atoms with van der Waals surface area (Å²) in [5.41, 5.74) is 7.84. The van der Waals surface area contributed by atoms with Gasteiger partial charge in [0.05, 0.1) is 6.14 Å². The molecule has 3 aromatic rings. The summed E-state index contributed by atoms with van der Waals surface area (Å²) in [7, 11) is -9.68. The number of rotatable bonds is 11. The van der Waals surface area contributed by atoms with Crippen molar-refractivity contribution in [2.24, 2.45) is 0 Å². The van der Waals surface area contributed by atoms with Crippen molar-refractivity contribution in [3.63, 3.8) is 0 Å². The van der Waals surface area contributed by atoms with Crippen molar-refractivity contribution in [1.29, 1.82) is 0 Å². The van der Waals surface area contributed by atoms with E-state index in [0.29, 0.717) is 11.8 Å². The highest BCUT2D eigenvalue weighted by Gasteiger charge is 2.83. The second-order valence-electron chi connectivity index (χ2n) is 18.3. The van der Waals surface area contributed by atoms with Crippen molar-refractivity contribution in [3.05, 3.63) is 101 Å². The normalized spacial score (nSPS) is 16.0. The van der Waals surface area contributed by atoms with Crippen LogP contribution in [0.1, 0.15) is 61.8 Å². The van der Waals surface area contributed by atoms with Crippen LogP contribution in [0, 0.1) is 0 Å². The lowest BCUT2D eigenvalue weighted by atomic mass is 9.93. The topological polar surface area (TPSA) is 3.24 Å². The average Bonchev–Trinajstić information content (AvgIpc) is 3.55. The van der Waals surface area contributed by atoms with E-state index in [1.54, 1.807) is 16.8 Å². The molecule has 4 rings (SSSR count). The van der Waals surface area contributed by atoms with E-state index >= 15 is 0 Å². The van der Waals surface area contributed by atoms with Crippen molar-refractivity contribution < 1.29 is 0 Å². The smallest absolute Gasteiger partial charge is 0.192 e. The van der Waals surface area contributed by atoms with Gasteiger partial charge in [-0.05, 0) is 44.5 Å². The first kappa shape index (κ1) is 36.3. The number of para-hydroxylation sites is 1. The summed E-state index contributed by atoms with van der Waals surface area (Å²) in [6.45, 7) is 43.4. The Labute approximate surface area is 283 Å². The molecule has 0 aliphatic carbocycles. The zero-order valence-electron chi connectivity index (χ0n) is 31.6. The van der Waals surface area contributed by atoms with Gasteiger partial charge in [0.1, 0.15) is 8.24 Å². The Hall–Kier alpha value is -1.50. The van der Waals surface area contributed by atoms with Gasteiger partial charge in [-0.25, -0.2) is 0 Å². The molecule has 0 saturated carbocycles. The van der Waals surface area contributed by atoms with E-state index in [9.17, 15) is 0 Å². The molecule has 45 heavy (non-hydrogen) atoms. The third kappa shape index (κ3) is 5.71. The van der Waals surface area contributed by atoms with Crippen molar-refractivity contribution >= 4 is 61.0 Å². The van der Waals surface area contributed by atoms with Gasteiger partial charge in [0, 0.05) is 28.5 Å². The van der Waals surface area contributed by atoms with E-state index in [-0.39, 0.29) is 0 Å². The summed E-state index contributed by atoms with van der Waals surface area (Å²) >= 11 is 0. The Kier molecular flexibility index (Phi) is 9.84. The molecule has 1 aliphatic rings. The molecule has 1 aliphatic heterocycles. The molecule has 0 aromatic heterocycles. The number of nitrogens with zero attached hydrogens (tertiary/aromatic N) is 1. The van der Waals surface area contributed by atoms with Gasteiger partial charge in [0.2, 0.25) is 0 Å². The Bertz CT molecular complexity index is 1420. The van der Waals surface area contributed by atoms with E-state index < -0.39 is 44.9 Å². The third-order valence-corrected chi connectivity index (χ3v) is 123. The maximum absolute atomic E-state index is 3.40. The molecule has 0 radical (unpaired) electrons. The minimum absolute atomic E-state index is 0.476. The quantitative estimate of drug-likeness (QED) is 0.180. The highest BCUT2D eigenvalue weighted by atomic mass is 30.2. The van der Waals surface area contributed by atoms with Crippen LogP contribution in [0.3, 0.4) is 0 Å². The summed E-state index contributed by atoms with van der Waals surface area (Å²) < 4.78 is 3.40. The largest absolute Gasteiger partial charge is 0.420 e. The zero-order valence-corrected chi connectivity index (χ0v) is 37.6. The Balaban J connectivity index is 2.42.